The fourth-order valence-corrected chi connectivity index (χ4v) is 5.76. The molecule has 1 amide bonds. The van der Waals surface area contributed by atoms with Crippen LogP contribution in [0, 0.1) is 24.2 Å². The molecule has 1 aromatic rings. The Hall–Kier alpha value is -1.26. The van der Waals surface area contributed by atoms with E-state index in [4.69, 9.17) is 4.74 Å². The van der Waals surface area contributed by atoms with Gasteiger partial charge in [-0.25, -0.2) is 4.98 Å². The van der Waals surface area contributed by atoms with E-state index in [1.54, 1.807) is 32.1 Å². The molecule has 9 heteroatoms. The van der Waals surface area contributed by atoms with Gasteiger partial charge in [0.25, 0.3) is 0 Å². The Kier molecular flexibility index (Phi) is 10.4. The SMILES string of the molecule is C/C(=C\c1csc(C)n1)[C@@H]1C[C@@H]2O[C@]2(C)CCC[C@H](C)[C@H](O)[C@@H](C)C(=O)C(C)(C)[C@@H](O)CC(=O)N1.S. The quantitative estimate of drug-likeness (QED) is 0.486. The molecule has 0 aliphatic carbocycles. The number of Topliss-reactive ketones (excluding diaryl/α,β-unsaturated/α-hetero) is 1. The second-order valence-electron chi connectivity index (χ2n) is 11.4. The molecule has 7 nitrogen and oxygen atoms in total. The minimum absolute atomic E-state index is 0. The number of epoxide rings is 1. The largest absolute Gasteiger partial charge is 0.392 e. The summed E-state index contributed by atoms with van der Waals surface area (Å²) in [5.74, 6) is -1.24. The van der Waals surface area contributed by atoms with Gasteiger partial charge in [0, 0.05) is 17.7 Å². The third-order valence-corrected chi connectivity index (χ3v) is 8.86. The molecule has 3 rings (SSSR count). The number of rotatable bonds is 2. The van der Waals surface area contributed by atoms with Crippen molar-refractivity contribution in [1.82, 2.24) is 10.3 Å². The molecule has 1 aromatic heterocycles. The Morgan fingerprint density at radius 1 is 1.25 bits per heavy atom. The molecule has 204 valence electrons. The number of hydrogen-bond acceptors (Lipinski definition) is 7. The number of nitrogens with zero attached hydrogens (tertiary/aromatic N) is 1. The monoisotopic (exact) mass is 540 g/mol. The van der Waals surface area contributed by atoms with Gasteiger partial charge in [-0.05, 0) is 51.2 Å². The molecule has 0 radical (unpaired) electrons. The highest BCUT2D eigenvalue weighted by Crippen LogP contribution is 2.44. The summed E-state index contributed by atoms with van der Waals surface area (Å²) in [7, 11) is 0. The number of aliphatic hydroxyl groups is 2. The highest BCUT2D eigenvalue weighted by molar-refractivity contribution is 7.59. The molecule has 2 fully saturated rings. The Morgan fingerprint density at radius 2 is 1.92 bits per heavy atom. The first-order chi connectivity index (χ1) is 16.2. The maximum absolute atomic E-state index is 13.2. The van der Waals surface area contributed by atoms with Crippen LogP contribution in [0.15, 0.2) is 11.0 Å². The highest BCUT2D eigenvalue weighted by atomic mass is 32.1. The molecule has 36 heavy (non-hydrogen) atoms. The number of nitrogens with one attached hydrogen (secondary N) is 1. The van der Waals surface area contributed by atoms with Crippen molar-refractivity contribution in [2.24, 2.45) is 17.3 Å². The van der Waals surface area contributed by atoms with E-state index in [9.17, 15) is 19.8 Å². The fourth-order valence-electron chi connectivity index (χ4n) is 5.19. The van der Waals surface area contributed by atoms with Crippen LogP contribution in [0.3, 0.4) is 0 Å². The highest BCUT2D eigenvalue weighted by Gasteiger charge is 2.52. The van der Waals surface area contributed by atoms with Gasteiger partial charge in [0.2, 0.25) is 5.91 Å². The molecular formula is C27H44N2O5S2. The number of fused-ring (bicyclic) bond motifs is 1. The van der Waals surface area contributed by atoms with Crippen LogP contribution in [0.4, 0.5) is 0 Å². The van der Waals surface area contributed by atoms with E-state index in [-0.39, 0.29) is 55.3 Å². The van der Waals surface area contributed by atoms with E-state index in [2.05, 4.69) is 17.2 Å². The summed E-state index contributed by atoms with van der Waals surface area (Å²) >= 11 is 1.58. The Morgan fingerprint density at radius 3 is 2.53 bits per heavy atom. The average Bonchev–Trinajstić information content (AvgIpc) is 3.22. The zero-order valence-corrected chi connectivity index (χ0v) is 24.4. The van der Waals surface area contributed by atoms with Crippen LogP contribution < -0.4 is 5.32 Å². The molecule has 3 heterocycles. The maximum Gasteiger partial charge on any atom is 0.223 e. The van der Waals surface area contributed by atoms with Crippen LogP contribution >= 0.6 is 24.8 Å². The van der Waals surface area contributed by atoms with Crippen molar-refractivity contribution >= 4 is 42.6 Å². The van der Waals surface area contributed by atoms with Gasteiger partial charge in [0.1, 0.15) is 5.78 Å². The predicted octanol–water partition coefficient (Wildman–Crippen LogP) is 4.16. The number of aliphatic hydroxyl groups excluding tert-OH is 2. The van der Waals surface area contributed by atoms with Crippen molar-refractivity contribution in [2.75, 3.05) is 0 Å². The summed E-state index contributed by atoms with van der Waals surface area (Å²) in [6.45, 7) is 13.0. The van der Waals surface area contributed by atoms with E-state index in [1.165, 1.54) is 0 Å². The Bertz CT molecular complexity index is 962. The minimum Gasteiger partial charge on any atom is -0.392 e. The lowest BCUT2D eigenvalue weighted by Crippen LogP contribution is -2.47. The smallest absolute Gasteiger partial charge is 0.223 e. The zero-order valence-electron chi connectivity index (χ0n) is 22.6. The van der Waals surface area contributed by atoms with Gasteiger partial charge in [-0.2, -0.15) is 13.5 Å². The van der Waals surface area contributed by atoms with Gasteiger partial charge in [0.15, 0.2) is 0 Å². The van der Waals surface area contributed by atoms with Crippen molar-refractivity contribution in [3.8, 4) is 0 Å². The van der Waals surface area contributed by atoms with E-state index in [0.717, 1.165) is 35.5 Å². The molecule has 2 aliphatic rings. The van der Waals surface area contributed by atoms with Crippen molar-refractivity contribution in [3.05, 3.63) is 21.7 Å². The van der Waals surface area contributed by atoms with Crippen molar-refractivity contribution < 1.29 is 24.5 Å². The average molecular weight is 541 g/mol. The minimum atomic E-state index is -1.17. The van der Waals surface area contributed by atoms with Gasteiger partial charge >= 0.3 is 0 Å². The number of ketones is 1. The van der Waals surface area contributed by atoms with Gasteiger partial charge in [-0.15, -0.1) is 11.3 Å². The summed E-state index contributed by atoms with van der Waals surface area (Å²) in [6, 6.07) is -0.269. The number of hydrogen-bond donors (Lipinski definition) is 3. The Balaban J connectivity index is 0.00000456. The molecule has 0 saturated carbocycles. The molecule has 3 N–H and O–H groups in total. The topological polar surface area (TPSA) is 112 Å². The first kappa shape index (κ1) is 31.0. The molecule has 0 spiro atoms. The summed E-state index contributed by atoms with van der Waals surface area (Å²) in [5.41, 5.74) is 0.410. The molecule has 2 aliphatic heterocycles. The molecule has 7 atom stereocenters. The lowest BCUT2D eigenvalue weighted by molar-refractivity contribution is -0.143. The van der Waals surface area contributed by atoms with Gasteiger partial charge in [0.05, 0.1) is 52.5 Å². The summed E-state index contributed by atoms with van der Waals surface area (Å²) in [5, 5.41) is 27.8. The lowest BCUT2D eigenvalue weighted by atomic mass is 9.72. The number of aromatic nitrogens is 1. The summed E-state index contributed by atoms with van der Waals surface area (Å²) < 4.78 is 6.10. The fraction of sp³-hybridized carbons (Fsp3) is 0.741. The van der Waals surface area contributed by atoms with Crippen molar-refractivity contribution in [1.29, 1.82) is 0 Å². The Labute approximate surface area is 226 Å². The van der Waals surface area contributed by atoms with Crippen LogP contribution in [-0.2, 0) is 14.3 Å². The summed E-state index contributed by atoms with van der Waals surface area (Å²) in [4.78, 5) is 30.8. The standard InChI is InChI=1S/C27H42N2O5S.H2S/c1-15-9-8-10-27(7)22(34-27)12-20(16(2)11-19-14-35-18(4)28-19)29-23(31)13-21(30)26(5,6)25(33)17(3)24(15)32;/h11,14-15,17,20-22,24,30,32H,8-10,12-13H2,1-7H3,(H,29,31);1H2/b16-11+;/t15-,17+,20-,21-,22-,24-,27+;/m0./s1. The van der Waals surface area contributed by atoms with Crippen LogP contribution in [0.1, 0.15) is 84.3 Å². The van der Waals surface area contributed by atoms with Crippen LogP contribution in [0.5, 0.6) is 0 Å². The van der Waals surface area contributed by atoms with E-state index >= 15 is 0 Å². The number of carbonyl (C=O) groups excluding carboxylic acids is 2. The van der Waals surface area contributed by atoms with Gasteiger partial charge in [-0.3, -0.25) is 9.59 Å². The molecule has 0 unspecified atom stereocenters. The second-order valence-corrected chi connectivity index (χ2v) is 12.5. The predicted molar refractivity (Wildman–Crippen MR) is 148 cm³/mol. The van der Waals surface area contributed by atoms with E-state index in [1.807, 2.05) is 32.2 Å². The van der Waals surface area contributed by atoms with E-state index in [0.29, 0.717) is 6.42 Å². The number of ether oxygens (including phenoxy) is 1. The number of thiazole rings is 1. The number of carbonyl (C=O) groups is 2. The van der Waals surface area contributed by atoms with Gasteiger partial charge < -0.3 is 20.3 Å². The third kappa shape index (κ3) is 7.19. The second kappa shape index (κ2) is 12.1. The van der Waals surface area contributed by atoms with E-state index < -0.39 is 23.5 Å². The molecular weight excluding hydrogens is 496 g/mol. The first-order valence-electron chi connectivity index (χ1n) is 12.7. The summed E-state index contributed by atoms with van der Waals surface area (Å²) in [6.07, 6.45) is 2.99. The van der Waals surface area contributed by atoms with Crippen LogP contribution in [-0.4, -0.2) is 56.8 Å². The van der Waals surface area contributed by atoms with Gasteiger partial charge in [-0.1, -0.05) is 34.1 Å². The molecule has 0 bridgehead atoms. The number of amides is 1. The van der Waals surface area contributed by atoms with Crippen molar-refractivity contribution in [2.45, 2.75) is 111 Å². The maximum atomic E-state index is 13.2. The van der Waals surface area contributed by atoms with Crippen LogP contribution in [0.2, 0.25) is 0 Å². The lowest BCUT2D eigenvalue weighted by Gasteiger charge is -2.34. The number of aryl methyl sites for hydroxylation is 1. The molecule has 0 aromatic carbocycles. The first-order valence-corrected chi connectivity index (χ1v) is 13.6. The van der Waals surface area contributed by atoms with Crippen molar-refractivity contribution in [3.63, 3.8) is 0 Å². The molecule has 2 saturated heterocycles. The third-order valence-electron chi connectivity index (χ3n) is 8.07. The zero-order chi connectivity index (χ0) is 26.1. The normalized spacial score (nSPS) is 36.4. The van der Waals surface area contributed by atoms with Crippen LogP contribution in [0.25, 0.3) is 6.08 Å².